The van der Waals surface area contributed by atoms with Crippen molar-refractivity contribution in [2.24, 2.45) is 5.92 Å². The van der Waals surface area contributed by atoms with Gasteiger partial charge in [0, 0.05) is 33.6 Å². The maximum absolute atomic E-state index is 11.8. The molecular weight excluding hydrogens is 240 g/mol. The first kappa shape index (κ1) is 14.4. The van der Waals surface area contributed by atoms with Gasteiger partial charge < -0.3 is 4.90 Å². The van der Waals surface area contributed by atoms with Gasteiger partial charge in [-0.2, -0.15) is 0 Å². The maximum Gasteiger partial charge on any atom is 0.223 e. The molecule has 1 aliphatic heterocycles. The fraction of sp³-hybridized carbons (Fsp3) is 0.909. The number of hydrogen-bond donors (Lipinski definition) is 0. The molecule has 0 atom stereocenters. The SMILES string of the molecule is CC1CCN(C(=O)CCS(=O)(=O)N(C)C)CC1. The molecule has 5 nitrogen and oxygen atoms in total. The van der Waals surface area contributed by atoms with Gasteiger partial charge in [-0.15, -0.1) is 0 Å². The van der Waals surface area contributed by atoms with Crippen LogP contribution in [0.15, 0.2) is 0 Å². The molecule has 100 valence electrons. The summed E-state index contributed by atoms with van der Waals surface area (Å²) in [7, 11) is -0.280. The predicted octanol–water partition coefficient (Wildman–Crippen LogP) is 0.526. The Balaban J connectivity index is 2.40. The molecule has 6 heteroatoms. The molecule has 0 aliphatic carbocycles. The van der Waals surface area contributed by atoms with Gasteiger partial charge in [0.1, 0.15) is 0 Å². The Morgan fingerprint density at radius 3 is 2.29 bits per heavy atom. The zero-order valence-electron chi connectivity index (χ0n) is 10.8. The van der Waals surface area contributed by atoms with E-state index in [0.717, 1.165) is 25.9 Å². The highest BCUT2D eigenvalue weighted by Crippen LogP contribution is 2.16. The fourth-order valence-corrected chi connectivity index (χ4v) is 2.61. The monoisotopic (exact) mass is 262 g/mol. The van der Waals surface area contributed by atoms with E-state index in [-0.39, 0.29) is 18.1 Å². The van der Waals surface area contributed by atoms with Crippen LogP contribution in [0.25, 0.3) is 0 Å². The van der Waals surface area contributed by atoms with Crippen LogP contribution in [0.1, 0.15) is 26.2 Å². The smallest absolute Gasteiger partial charge is 0.223 e. The van der Waals surface area contributed by atoms with Crippen molar-refractivity contribution in [2.75, 3.05) is 32.9 Å². The number of sulfonamides is 1. The summed E-state index contributed by atoms with van der Waals surface area (Å²) in [6, 6.07) is 0. The van der Waals surface area contributed by atoms with Gasteiger partial charge in [-0.3, -0.25) is 4.79 Å². The van der Waals surface area contributed by atoms with Crippen LogP contribution in [0, 0.1) is 5.92 Å². The molecule has 1 aliphatic rings. The minimum absolute atomic E-state index is 0.0395. The quantitative estimate of drug-likeness (QED) is 0.742. The average Bonchev–Trinajstić information content (AvgIpc) is 2.27. The third kappa shape index (κ3) is 4.27. The Morgan fingerprint density at radius 1 is 1.29 bits per heavy atom. The van der Waals surface area contributed by atoms with Crippen LogP contribution in [-0.2, 0) is 14.8 Å². The van der Waals surface area contributed by atoms with Crippen LogP contribution in [0.5, 0.6) is 0 Å². The summed E-state index contributed by atoms with van der Waals surface area (Å²) in [5, 5.41) is 0. The van der Waals surface area contributed by atoms with Crippen LogP contribution in [0.4, 0.5) is 0 Å². The van der Waals surface area contributed by atoms with Crippen molar-refractivity contribution in [3.8, 4) is 0 Å². The minimum atomic E-state index is -3.26. The normalized spacial score (nSPS) is 18.7. The summed E-state index contributed by atoms with van der Waals surface area (Å²) in [6.07, 6.45) is 2.13. The molecule has 1 fully saturated rings. The molecule has 0 aromatic carbocycles. The van der Waals surface area contributed by atoms with Gasteiger partial charge in [-0.25, -0.2) is 12.7 Å². The highest BCUT2D eigenvalue weighted by atomic mass is 32.2. The van der Waals surface area contributed by atoms with Crippen LogP contribution >= 0.6 is 0 Å². The molecule has 0 spiro atoms. The minimum Gasteiger partial charge on any atom is -0.343 e. The van der Waals surface area contributed by atoms with Crippen molar-refractivity contribution in [1.29, 1.82) is 0 Å². The van der Waals surface area contributed by atoms with E-state index in [4.69, 9.17) is 0 Å². The maximum atomic E-state index is 11.8. The summed E-state index contributed by atoms with van der Waals surface area (Å²) < 4.78 is 24.2. The first-order valence-electron chi connectivity index (χ1n) is 6.01. The second kappa shape index (κ2) is 5.82. The lowest BCUT2D eigenvalue weighted by atomic mass is 9.99. The summed E-state index contributed by atoms with van der Waals surface area (Å²) in [4.78, 5) is 13.6. The summed E-state index contributed by atoms with van der Waals surface area (Å²) >= 11 is 0. The molecule has 0 aromatic rings. The standard InChI is InChI=1S/C11H22N2O3S/c1-10-4-7-13(8-5-10)11(14)6-9-17(15,16)12(2)3/h10H,4-9H2,1-3H3. The molecule has 1 rings (SSSR count). The molecule has 0 unspecified atom stereocenters. The second-order valence-corrected chi connectivity index (χ2v) is 7.21. The number of amides is 1. The highest BCUT2D eigenvalue weighted by Gasteiger charge is 2.22. The zero-order valence-corrected chi connectivity index (χ0v) is 11.7. The van der Waals surface area contributed by atoms with E-state index < -0.39 is 10.0 Å². The number of carbonyl (C=O) groups is 1. The lowest BCUT2D eigenvalue weighted by Crippen LogP contribution is -2.39. The van der Waals surface area contributed by atoms with Crippen molar-refractivity contribution in [2.45, 2.75) is 26.2 Å². The van der Waals surface area contributed by atoms with Crippen LogP contribution in [0.3, 0.4) is 0 Å². The van der Waals surface area contributed by atoms with Crippen molar-refractivity contribution in [1.82, 2.24) is 9.21 Å². The third-order valence-electron chi connectivity index (χ3n) is 3.27. The van der Waals surface area contributed by atoms with E-state index >= 15 is 0 Å². The fourth-order valence-electron chi connectivity index (χ4n) is 1.81. The van der Waals surface area contributed by atoms with Gasteiger partial charge in [0.2, 0.25) is 15.9 Å². The molecular formula is C11H22N2O3S. The average molecular weight is 262 g/mol. The topological polar surface area (TPSA) is 57.7 Å². The molecule has 0 saturated carbocycles. The number of rotatable bonds is 4. The molecule has 0 radical (unpaired) electrons. The Morgan fingerprint density at radius 2 is 1.82 bits per heavy atom. The summed E-state index contributed by atoms with van der Waals surface area (Å²) in [6.45, 7) is 3.71. The van der Waals surface area contributed by atoms with E-state index in [2.05, 4.69) is 6.92 Å². The molecule has 0 aromatic heterocycles. The van der Waals surface area contributed by atoms with Crippen LogP contribution in [-0.4, -0.2) is 56.5 Å². The highest BCUT2D eigenvalue weighted by molar-refractivity contribution is 7.89. The first-order valence-corrected chi connectivity index (χ1v) is 7.62. The Labute approximate surface area is 104 Å². The summed E-state index contributed by atoms with van der Waals surface area (Å²) in [5.41, 5.74) is 0. The van der Waals surface area contributed by atoms with E-state index in [1.807, 2.05) is 0 Å². The predicted molar refractivity (Wildman–Crippen MR) is 67.1 cm³/mol. The molecule has 0 bridgehead atoms. The van der Waals surface area contributed by atoms with Gasteiger partial charge in [0.05, 0.1) is 5.75 Å². The van der Waals surface area contributed by atoms with Crippen LogP contribution < -0.4 is 0 Å². The van der Waals surface area contributed by atoms with E-state index in [1.54, 1.807) is 4.90 Å². The number of likely N-dealkylation sites (tertiary alicyclic amines) is 1. The molecule has 0 N–H and O–H groups in total. The molecule has 17 heavy (non-hydrogen) atoms. The third-order valence-corrected chi connectivity index (χ3v) is 5.10. The lowest BCUT2D eigenvalue weighted by molar-refractivity contribution is -0.132. The number of piperidine rings is 1. The number of hydrogen-bond acceptors (Lipinski definition) is 3. The van der Waals surface area contributed by atoms with Gasteiger partial charge >= 0.3 is 0 Å². The number of nitrogens with zero attached hydrogens (tertiary/aromatic N) is 2. The van der Waals surface area contributed by atoms with E-state index in [1.165, 1.54) is 18.4 Å². The van der Waals surface area contributed by atoms with Crippen molar-refractivity contribution < 1.29 is 13.2 Å². The van der Waals surface area contributed by atoms with Gasteiger partial charge in [0.15, 0.2) is 0 Å². The Hall–Kier alpha value is -0.620. The van der Waals surface area contributed by atoms with Crippen LogP contribution in [0.2, 0.25) is 0 Å². The molecule has 1 amide bonds. The largest absolute Gasteiger partial charge is 0.343 e. The van der Waals surface area contributed by atoms with E-state index in [0.29, 0.717) is 5.92 Å². The zero-order chi connectivity index (χ0) is 13.1. The van der Waals surface area contributed by atoms with E-state index in [9.17, 15) is 13.2 Å². The Kier molecular flexibility index (Phi) is 4.94. The summed E-state index contributed by atoms with van der Waals surface area (Å²) in [5.74, 6) is 0.539. The van der Waals surface area contributed by atoms with Crippen molar-refractivity contribution in [3.05, 3.63) is 0 Å². The Bertz CT molecular complexity index is 357. The van der Waals surface area contributed by atoms with Crippen molar-refractivity contribution in [3.63, 3.8) is 0 Å². The lowest BCUT2D eigenvalue weighted by Gasteiger charge is -2.30. The number of carbonyl (C=O) groups excluding carboxylic acids is 1. The van der Waals surface area contributed by atoms with Crippen molar-refractivity contribution >= 4 is 15.9 Å². The van der Waals surface area contributed by atoms with Gasteiger partial charge in [-0.1, -0.05) is 6.92 Å². The molecule has 1 heterocycles. The second-order valence-electron chi connectivity index (χ2n) is 4.91. The van der Waals surface area contributed by atoms with Gasteiger partial charge in [0.25, 0.3) is 0 Å². The molecule has 1 saturated heterocycles. The van der Waals surface area contributed by atoms with Gasteiger partial charge in [-0.05, 0) is 18.8 Å². The first-order chi connectivity index (χ1) is 7.83.